The fraction of sp³-hybridized carbons (Fsp3) is 0.400. The molecule has 2 atom stereocenters. The molecule has 0 spiro atoms. The monoisotopic (exact) mass is 455 g/mol. The molecule has 0 bridgehead atoms. The molecule has 7 heteroatoms. The Morgan fingerprint density at radius 2 is 1.66 bits per heavy atom. The number of carbonyl (C=O) groups is 3. The van der Waals surface area contributed by atoms with Crippen molar-refractivity contribution in [3.8, 4) is 0 Å². The van der Waals surface area contributed by atoms with E-state index in [4.69, 9.17) is 9.47 Å². The van der Waals surface area contributed by atoms with Crippen LogP contribution in [0.2, 0.25) is 0 Å². The molecule has 6 nitrogen and oxygen atoms in total. The van der Waals surface area contributed by atoms with Crippen molar-refractivity contribution in [3.63, 3.8) is 0 Å². The van der Waals surface area contributed by atoms with Gasteiger partial charge in [-0.25, -0.2) is 14.5 Å². The number of thioether (sulfide) groups is 1. The molecule has 32 heavy (non-hydrogen) atoms. The van der Waals surface area contributed by atoms with Gasteiger partial charge in [0.25, 0.3) is 0 Å². The van der Waals surface area contributed by atoms with Gasteiger partial charge in [-0.1, -0.05) is 48.5 Å². The third-order valence-electron chi connectivity index (χ3n) is 4.98. The maximum Gasteiger partial charge on any atom is 0.417 e. The average Bonchev–Trinajstić information content (AvgIpc) is 3.01. The highest BCUT2D eigenvalue weighted by molar-refractivity contribution is 8.01. The summed E-state index contributed by atoms with van der Waals surface area (Å²) >= 11 is 1.37. The standard InChI is InChI=1S/C25H29NO5S/c1-5-30-21(27)20-17-25(16-18-12-8-6-9-13-18,32-19-14-10-7-11-15-19)22(28)26(20)23(29)31-24(2,3)4/h6-15,20H,5,16-17H2,1-4H3/t20-,25-/m0/s1. The van der Waals surface area contributed by atoms with E-state index < -0.39 is 34.4 Å². The molecule has 1 aliphatic heterocycles. The Hall–Kier alpha value is -2.80. The quantitative estimate of drug-likeness (QED) is 0.579. The fourth-order valence-electron chi connectivity index (χ4n) is 3.71. The molecule has 0 aliphatic carbocycles. The molecule has 0 saturated carbocycles. The highest BCUT2D eigenvalue weighted by Gasteiger charge is 2.58. The Labute approximate surface area is 193 Å². The molecule has 0 N–H and O–H groups in total. The summed E-state index contributed by atoms with van der Waals surface area (Å²) in [7, 11) is 0. The third kappa shape index (κ3) is 5.51. The van der Waals surface area contributed by atoms with Crippen LogP contribution in [0.5, 0.6) is 0 Å². The third-order valence-corrected chi connectivity index (χ3v) is 6.37. The van der Waals surface area contributed by atoms with Crippen LogP contribution in [0.4, 0.5) is 4.79 Å². The van der Waals surface area contributed by atoms with Gasteiger partial charge in [-0.05, 0) is 51.8 Å². The number of imide groups is 1. The van der Waals surface area contributed by atoms with Gasteiger partial charge in [0.2, 0.25) is 5.91 Å². The number of carbonyl (C=O) groups excluding carboxylic acids is 3. The van der Waals surface area contributed by atoms with Crippen molar-refractivity contribution < 1.29 is 23.9 Å². The minimum atomic E-state index is -1.06. The molecule has 1 heterocycles. The SMILES string of the molecule is CCOC(=O)[C@@H]1C[C@](Cc2ccccc2)(Sc2ccccc2)C(=O)N1C(=O)OC(C)(C)C. The van der Waals surface area contributed by atoms with Crippen LogP contribution in [0, 0.1) is 0 Å². The second kappa shape index (κ2) is 9.77. The lowest BCUT2D eigenvalue weighted by atomic mass is 9.95. The van der Waals surface area contributed by atoms with Crippen molar-refractivity contribution in [1.29, 1.82) is 0 Å². The van der Waals surface area contributed by atoms with E-state index in [2.05, 4.69) is 0 Å². The first-order valence-electron chi connectivity index (χ1n) is 10.7. The number of amides is 2. The van der Waals surface area contributed by atoms with Crippen molar-refractivity contribution in [3.05, 3.63) is 66.2 Å². The van der Waals surface area contributed by atoms with Crippen LogP contribution < -0.4 is 0 Å². The zero-order valence-corrected chi connectivity index (χ0v) is 19.7. The molecule has 2 amide bonds. The summed E-state index contributed by atoms with van der Waals surface area (Å²) in [5, 5.41) is 0. The number of rotatable bonds is 6. The largest absolute Gasteiger partial charge is 0.464 e. The predicted molar refractivity (Wildman–Crippen MR) is 123 cm³/mol. The van der Waals surface area contributed by atoms with Crippen LogP contribution in [0.25, 0.3) is 0 Å². The Morgan fingerprint density at radius 3 is 2.22 bits per heavy atom. The summed E-state index contributed by atoms with van der Waals surface area (Å²) in [6.45, 7) is 7.02. The van der Waals surface area contributed by atoms with Crippen molar-refractivity contribution in [1.82, 2.24) is 4.90 Å². The first-order chi connectivity index (χ1) is 15.1. The van der Waals surface area contributed by atoms with Crippen LogP contribution in [-0.4, -0.2) is 45.9 Å². The minimum Gasteiger partial charge on any atom is -0.464 e. The van der Waals surface area contributed by atoms with Gasteiger partial charge in [-0.15, -0.1) is 11.8 Å². The topological polar surface area (TPSA) is 72.9 Å². The van der Waals surface area contributed by atoms with Crippen molar-refractivity contribution in [2.45, 2.75) is 61.8 Å². The molecule has 0 aromatic heterocycles. The molecule has 0 unspecified atom stereocenters. The van der Waals surface area contributed by atoms with Gasteiger partial charge in [0, 0.05) is 11.3 Å². The van der Waals surface area contributed by atoms with Crippen LogP contribution in [0.3, 0.4) is 0 Å². The van der Waals surface area contributed by atoms with E-state index in [0.29, 0.717) is 6.42 Å². The van der Waals surface area contributed by atoms with Crippen LogP contribution >= 0.6 is 11.8 Å². The molecule has 0 radical (unpaired) electrons. The van der Waals surface area contributed by atoms with Crippen LogP contribution in [-0.2, 0) is 25.5 Å². The lowest BCUT2D eigenvalue weighted by Gasteiger charge is -2.28. The minimum absolute atomic E-state index is 0.137. The summed E-state index contributed by atoms with van der Waals surface area (Å²) in [5.41, 5.74) is 0.131. The number of likely N-dealkylation sites (tertiary alicyclic amines) is 1. The Balaban J connectivity index is 2.05. The second-order valence-electron chi connectivity index (χ2n) is 8.70. The van der Waals surface area contributed by atoms with Gasteiger partial charge in [-0.2, -0.15) is 0 Å². The average molecular weight is 456 g/mol. The fourth-order valence-corrected chi connectivity index (χ4v) is 5.12. The molecule has 2 aromatic carbocycles. The van der Waals surface area contributed by atoms with E-state index in [0.717, 1.165) is 15.4 Å². The van der Waals surface area contributed by atoms with Gasteiger partial charge >= 0.3 is 12.1 Å². The Bertz CT molecular complexity index is 914. The van der Waals surface area contributed by atoms with E-state index in [1.807, 2.05) is 60.7 Å². The molecular formula is C25H29NO5S. The Morgan fingerprint density at radius 1 is 1.06 bits per heavy atom. The molecule has 1 fully saturated rings. The summed E-state index contributed by atoms with van der Waals surface area (Å²) in [6.07, 6.45) is -0.330. The molecule has 3 rings (SSSR count). The molecule has 1 saturated heterocycles. The normalized spacial score (nSPS) is 20.8. The first-order valence-corrected chi connectivity index (χ1v) is 11.5. The smallest absolute Gasteiger partial charge is 0.417 e. The predicted octanol–water partition coefficient (Wildman–Crippen LogP) is 4.86. The Kier molecular flexibility index (Phi) is 7.29. The van der Waals surface area contributed by atoms with E-state index in [1.165, 1.54) is 11.8 Å². The van der Waals surface area contributed by atoms with Crippen LogP contribution in [0.1, 0.15) is 39.7 Å². The number of benzene rings is 2. The van der Waals surface area contributed by atoms with E-state index in [-0.39, 0.29) is 13.0 Å². The lowest BCUT2D eigenvalue weighted by Crippen LogP contribution is -2.48. The second-order valence-corrected chi connectivity index (χ2v) is 10.2. The number of esters is 1. The maximum atomic E-state index is 13.9. The van der Waals surface area contributed by atoms with Gasteiger partial charge in [-0.3, -0.25) is 4.79 Å². The summed E-state index contributed by atoms with van der Waals surface area (Å²) in [4.78, 5) is 41.6. The molecule has 170 valence electrons. The zero-order valence-electron chi connectivity index (χ0n) is 18.9. The van der Waals surface area contributed by atoms with Gasteiger partial charge in [0.05, 0.1) is 6.61 Å². The van der Waals surface area contributed by atoms with E-state index in [1.54, 1.807) is 27.7 Å². The number of ether oxygens (including phenoxy) is 2. The summed E-state index contributed by atoms with van der Waals surface area (Å²) in [6, 6.07) is 18.1. The highest BCUT2D eigenvalue weighted by Crippen LogP contribution is 2.46. The number of hydrogen-bond donors (Lipinski definition) is 0. The molecular weight excluding hydrogens is 426 g/mol. The van der Waals surface area contributed by atoms with Crippen molar-refractivity contribution in [2.24, 2.45) is 0 Å². The summed E-state index contributed by atoms with van der Waals surface area (Å²) < 4.78 is 9.66. The summed E-state index contributed by atoms with van der Waals surface area (Å²) in [5.74, 6) is -1.04. The van der Waals surface area contributed by atoms with Gasteiger partial charge in [0.1, 0.15) is 16.4 Å². The van der Waals surface area contributed by atoms with Crippen molar-refractivity contribution >= 4 is 29.7 Å². The zero-order chi connectivity index (χ0) is 23.4. The maximum absolute atomic E-state index is 13.9. The number of hydrogen-bond acceptors (Lipinski definition) is 6. The number of nitrogens with zero attached hydrogens (tertiary/aromatic N) is 1. The van der Waals surface area contributed by atoms with E-state index >= 15 is 0 Å². The van der Waals surface area contributed by atoms with Gasteiger partial charge in [0.15, 0.2) is 0 Å². The van der Waals surface area contributed by atoms with E-state index in [9.17, 15) is 14.4 Å². The van der Waals surface area contributed by atoms with Crippen molar-refractivity contribution in [2.75, 3.05) is 6.61 Å². The van der Waals surface area contributed by atoms with Gasteiger partial charge < -0.3 is 9.47 Å². The molecule has 1 aliphatic rings. The first kappa shape index (κ1) is 23.9. The molecule has 2 aromatic rings. The van der Waals surface area contributed by atoms with Crippen LogP contribution in [0.15, 0.2) is 65.6 Å². The lowest BCUT2D eigenvalue weighted by molar-refractivity contribution is -0.151. The highest BCUT2D eigenvalue weighted by atomic mass is 32.2.